The van der Waals surface area contributed by atoms with Crippen LogP contribution in [0.3, 0.4) is 0 Å². The molecule has 0 aromatic heterocycles. The molecule has 0 radical (unpaired) electrons. The molecule has 1 aromatic carbocycles. The normalized spacial score (nSPS) is 18.1. The minimum absolute atomic E-state index is 0.0535. The number of nitrogens with one attached hydrogen (secondary N) is 2. The minimum Gasteiger partial charge on any atom is -0.397 e. The van der Waals surface area contributed by atoms with Crippen LogP contribution in [0.15, 0.2) is 12.1 Å². The van der Waals surface area contributed by atoms with Crippen LogP contribution in [-0.4, -0.2) is 12.5 Å². The molecule has 3 rings (SSSR count). The predicted molar refractivity (Wildman–Crippen MR) is 82.9 cm³/mol. The van der Waals surface area contributed by atoms with Crippen LogP contribution in [0.4, 0.5) is 17.1 Å². The van der Waals surface area contributed by atoms with E-state index in [-0.39, 0.29) is 5.91 Å². The first-order valence-electron chi connectivity index (χ1n) is 7.68. The van der Waals surface area contributed by atoms with Gasteiger partial charge in [-0.15, -0.1) is 0 Å². The van der Waals surface area contributed by atoms with Crippen LogP contribution in [0.25, 0.3) is 0 Å². The van der Waals surface area contributed by atoms with Crippen molar-refractivity contribution in [3.63, 3.8) is 0 Å². The number of anilines is 3. The first-order valence-corrected chi connectivity index (χ1v) is 7.68. The summed E-state index contributed by atoms with van der Waals surface area (Å²) in [5.41, 5.74) is 9.63. The Morgan fingerprint density at radius 3 is 2.90 bits per heavy atom. The number of carbonyl (C=O) groups excluding carboxylic acids is 1. The van der Waals surface area contributed by atoms with Crippen molar-refractivity contribution >= 4 is 23.0 Å². The van der Waals surface area contributed by atoms with Crippen molar-refractivity contribution in [3.05, 3.63) is 17.7 Å². The minimum atomic E-state index is 0.0535. The Morgan fingerprint density at radius 1 is 1.30 bits per heavy atom. The zero-order chi connectivity index (χ0) is 13.9. The van der Waals surface area contributed by atoms with Gasteiger partial charge in [-0.05, 0) is 36.5 Å². The first kappa shape index (κ1) is 13.3. The Morgan fingerprint density at radius 2 is 2.10 bits per heavy atom. The molecule has 0 atom stereocenters. The van der Waals surface area contributed by atoms with E-state index in [2.05, 4.69) is 10.6 Å². The highest BCUT2D eigenvalue weighted by molar-refractivity contribution is 6.00. The highest BCUT2D eigenvalue weighted by Crippen LogP contribution is 2.32. The largest absolute Gasteiger partial charge is 0.397 e. The number of hydrogen-bond acceptors (Lipinski definition) is 3. The Labute approximate surface area is 120 Å². The Hall–Kier alpha value is -1.71. The van der Waals surface area contributed by atoms with Crippen molar-refractivity contribution in [2.24, 2.45) is 5.92 Å². The van der Waals surface area contributed by atoms with Gasteiger partial charge >= 0.3 is 0 Å². The summed E-state index contributed by atoms with van der Waals surface area (Å²) >= 11 is 0. The Bertz CT molecular complexity index is 507. The van der Waals surface area contributed by atoms with Crippen LogP contribution < -0.4 is 16.4 Å². The van der Waals surface area contributed by atoms with Crippen molar-refractivity contribution in [2.45, 2.75) is 44.9 Å². The zero-order valence-corrected chi connectivity index (χ0v) is 11.9. The number of nitrogen functional groups attached to an aromatic ring is 1. The van der Waals surface area contributed by atoms with Gasteiger partial charge in [-0.25, -0.2) is 0 Å². The van der Waals surface area contributed by atoms with Crippen LogP contribution in [0.5, 0.6) is 0 Å². The molecular formula is C16H23N3O. The summed E-state index contributed by atoms with van der Waals surface area (Å²) in [6.45, 7) is 0.952. The summed E-state index contributed by atoms with van der Waals surface area (Å²) in [5.74, 6) is 0.992. The van der Waals surface area contributed by atoms with Gasteiger partial charge in [0.15, 0.2) is 0 Å². The topological polar surface area (TPSA) is 67.2 Å². The molecule has 4 heteroatoms. The predicted octanol–water partition coefficient (Wildman–Crippen LogP) is 3.15. The quantitative estimate of drug-likeness (QED) is 0.570. The van der Waals surface area contributed by atoms with E-state index in [0.29, 0.717) is 6.42 Å². The molecule has 4 N–H and O–H groups in total. The van der Waals surface area contributed by atoms with Crippen molar-refractivity contribution in [2.75, 3.05) is 22.9 Å². The van der Waals surface area contributed by atoms with Crippen LogP contribution in [0.2, 0.25) is 0 Å². The summed E-state index contributed by atoms with van der Waals surface area (Å²) in [4.78, 5) is 11.4. The molecule has 2 aliphatic rings. The SMILES string of the molecule is Nc1cc2c(cc1NCCCC1CCCC1)NC(=O)C2. The average molecular weight is 273 g/mol. The molecular weight excluding hydrogens is 250 g/mol. The number of rotatable bonds is 5. The van der Waals surface area contributed by atoms with Crippen molar-refractivity contribution in [1.29, 1.82) is 0 Å². The first-order chi connectivity index (χ1) is 9.72. The van der Waals surface area contributed by atoms with Crippen LogP contribution in [0.1, 0.15) is 44.1 Å². The molecule has 1 saturated carbocycles. The van der Waals surface area contributed by atoms with E-state index in [1.807, 2.05) is 12.1 Å². The number of benzene rings is 1. The lowest BCUT2D eigenvalue weighted by Gasteiger charge is -2.13. The van der Waals surface area contributed by atoms with Crippen LogP contribution in [0, 0.1) is 5.92 Å². The van der Waals surface area contributed by atoms with Crippen molar-refractivity contribution < 1.29 is 4.79 Å². The third-order valence-corrected chi connectivity index (χ3v) is 4.48. The van der Waals surface area contributed by atoms with E-state index in [0.717, 1.165) is 35.1 Å². The second kappa shape index (κ2) is 5.73. The van der Waals surface area contributed by atoms with Gasteiger partial charge < -0.3 is 16.4 Å². The fourth-order valence-corrected chi connectivity index (χ4v) is 3.36. The molecule has 1 aliphatic heterocycles. The van der Waals surface area contributed by atoms with Crippen molar-refractivity contribution in [1.82, 2.24) is 0 Å². The van der Waals surface area contributed by atoms with E-state index in [1.165, 1.54) is 38.5 Å². The second-order valence-corrected chi connectivity index (χ2v) is 6.04. The summed E-state index contributed by atoms with van der Waals surface area (Å²) in [6, 6.07) is 3.87. The van der Waals surface area contributed by atoms with Crippen LogP contribution in [-0.2, 0) is 11.2 Å². The molecule has 108 valence electrons. The Balaban J connectivity index is 1.52. The molecule has 1 aromatic rings. The summed E-state index contributed by atoms with van der Waals surface area (Å²) in [7, 11) is 0. The van der Waals surface area contributed by atoms with Crippen LogP contribution >= 0.6 is 0 Å². The third-order valence-electron chi connectivity index (χ3n) is 4.48. The smallest absolute Gasteiger partial charge is 0.228 e. The lowest BCUT2D eigenvalue weighted by molar-refractivity contribution is -0.115. The van der Waals surface area contributed by atoms with E-state index < -0.39 is 0 Å². The lowest BCUT2D eigenvalue weighted by atomic mass is 10.0. The molecule has 1 fully saturated rings. The molecule has 4 nitrogen and oxygen atoms in total. The van der Waals surface area contributed by atoms with Gasteiger partial charge in [0.2, 0.25) is 5.91 Å². The fourth-order valence-electron chi connectivity index (χ4n) is 3.36. The number of hydrogen-bond donors (Lipinski definition) is 3. The maximum atomic E-state index is 11.4. The lowest BCUT2D eigenvalue weighted by Crippen LogP contribution is -2.07. The van der Waals surface area contributed by atoms with Gasteiger partial charge in [0.1, 0.15) is 0 Å². The van der Waals surface area contributed by atoms with E-state index >= 15 is 0 Å². The molecule has 0 bridgehead atoms. The van der Waals surface area contributed by atoms with Gasteiger partial charge in [0.25, 0.3) is 0 Å². The monoisotopic (exact) mass is 273 g/mol. The van der Waals surface area contributed by atoms with E-state index in [1.54, 1.807) is 0 Å². The van der Waals surface area contributed by atoms with Gasteiger partial charge in [0.05, 0.1) is 17.8 Å². The molecule has 0 unspecified atom stereocenters. The zero-order valence-electron chi connectivity index (χ0n) is 11.9. The highest BCUT2D eigenvalue weighted by Gasteiger charge is 2.19. The van der Waals surface area contributed by atoms with E-state index in [4.69, 9.17) is 5.73 Å². The number of carbonyl (C=O) groups is 1. The molecule has 1 aliphatic carbocycles. The molecule has 0 spiro atoms. The second-order valence-electron chi connectivity index (χ2n) is 6.04. The van der Waals surface area contributed by atoms with Gasteiger partial charge in [-0.2, -0.15) is 0 Å². The van der Waals surface area contributed by atoms with Gasteiger partial charge in [-0.3, -0.25) is 4.79 Å². The van der Waals surface area contributed by atoms with Gasteiger partial charge in [0, 0.05) is 12.2 Å². The summed E-state index contributed by atoms with van der Waals surface area (Å²) in [5, 5.41) is 6.27. The summed E-state index contributed by atoms with van der Waals surface area (Å²) in [6.07, 6.45) is 8.59. The molecule has 20 heavy (non-hydrogen) atoms. The molecule has 1 heterocycles. The van der Waals surface area contributed by atoms with Crippen molar-refractivity contribution in [3.8, 4) is 0 Å². The Kier molecular flexibility index (Phi) is 3.81. The number of fused-ring (bicyclic) bond motifs is 1. The van der Waals surface area contributed by atoms with Gasteiger partial charge in [-0.1, -0.05) is 25.7 Å². The number of nitrogens with two attached hydrogens (primary N) is 1. The maximum absolute atomic E-state index is 11.4. The third kappa shape index (κ3) is 2.89. The number of amides is 1. The summed E-state index contributed by atoms with van der Waals surface area (Å²) < 4.78 is 0. The van der Waals surface area contributed by atoms with E-state index in [9.17, 15) is 4.79 Å². The average Bonchev–Trinajstić information content (AvgIpc) is 3.03. The fraction of sp³-hybridized carbons (Fsp3) is 0.562. The highest BCUT2D eigenvalue weighted by atomic mass is 16.1. The maximum Gasteiger partial charge on any atom is 0.228 e. The molecule has 0 saturated heterocycles. The molecule has 1 amide bonds. The standard InChI is InChI=1S/C16H23N3O/c17-13-8-12-9-16(20)19-14(12)10-15(13)18-7-3-6-11-4-1-2-5-11/h8,10-11,18H,1-7,9,17H2,(H,19,20).